The van der Waals surface area contributed by atoms with Crippen molar-refractivity contribution < 1.29 is 0 Å². The SMILES string of the molecule is c1ccc(-c2nc(-c3cccc(-c4cccc(-c5csc(-c6ccccn6)n5)n4)n3)cs2)nc1. The van der Waals surface area contributed by atoms with E-state index < -0.39 is 0 Å². The van der Waals surface area contributed by atoms with Crippen molar-refractivity contribution in [1.29, 1.82) is 0 Å². The Kier molecular flexibility index (Phi) is 5.42. The molecule has 0 radical (unpaired) electrons. The molecule has 6 aromatic rings. The molecule has 0 saturated heterocycles. The summed E-state index contributed by atoms with van der Waals surface area (Å²) in [4.78, 5) is 27.9. The zero-order valence-electron chi connectivity index (χ0n) is 17.7. The fourth-order valence-electron chi connectivity index (χ4n) is 3.44. The lowest BCUT2D eigenvalue weighted by molar-refractivity contribution is 1.22. The molecule has 0 atom stereocenters. The topological polar surface area (TPSA) is 77.3 Å². The molecule has 0 saturated carbocycles. The van der Waals surface area contributed by atoms with Crippen LogP contribution in [0.15, 0.2) is 96.0 Å². The van der Waals surface area contributed by atoms with Crippen molar-refractivity contribution in [3.63, 3.8) is 0 Å². The molecule has 6 rings (SSSR count). The predicted molar refractivity (Wildman–Crippen MR) is 136 cm³/mol. The maximum Gasteiger partial charge on any atom is 0.142 e. The molecule has 0 bridgehead atoms. The Hall–Kier alpha value is -4.14. The molecule has 8 heteroatoms. The van der Waals surface area contributed by atoms with Crippen LogP contribution in [0.1, 0.15) is 0 Å². The number of hydrogen-bond donors (Lipinski definition) is 0. The molecule has 0 fully saturated rings. The zero-order chi connectivity index (χ0) is 22.7. The molecule has 34 heavy (non-hydrogen) atoms. The molecule has 0 N–H and O–H groups in total. The van der Waals surface area contributed by atoms with Crippen molar-refractivity contribution >= 4 is 22.7 Å². The van der Waals surface area contributed by atoms with Crippen LogP contribution in [0.3, 0.4) is 0 Å². The van der Waals surface area contributed by atoms with Gasteiger partial charge < -0.3 is 0 Å². The number of hydrogen-bond acceptors (Lipinski definition) is 8. The molecule has 6 nitrogen and oxygen atoms in total. The highest BCUT2D eigenvalue weighted by Gasteiger charge is 2.12. The Balaban J connectivity index is 1.30. The molecular weight excluding hydrogens is 460 g/mol. The van der Waals surface area contributed by atoms with Gasteiger partial charge in [0.05, 0.1) is 34.2 Å². The quantitative estimate of drug-likeness (QED) is 0.282. The molecular formula is C26H16N6S2. The van der Waals surface area contributed by atoms with Gasteiger partial charge in [0.2, 0.25) is 0 Å². The Morgan fingerprint density at radius 2 is 0.794 bits per heavy atom. The summed E-state index contributed by atoms with van der Waals surface area (Å²) in [7, 11) is 0. The molecule has 0 aliphatic heterocycles. The van der Waals surface area contributed by atoms with E-state index in [2.05, 4.69) is 9.97 Å². The second-order valence-electron chi connectivity index (χ2n) is 7.32. The van der Waals surface area contributed by atoms with Crippen LogP contribution in [0.4, 0.5) is 0 Å². The van der Waals surface area contributed by atoms with Crippen LogP contribution in [0.2, 0.25) is 0 Å². The Bertz CT molecular complexity index is 1440. The molecule has 0 aliphatic rings. The highest BCUT2D eigenvalue weighted by Crippen LogP contribution is 2.30. The average molecular weight is 477 g/mol. The largest absolute Gasteiger partial charge is 0.254 e. The van der Waals surface area contributed by atoms with Gasteiger partial charge in [-0.25, -0.2) is 19.9 Å². The molecule has 0 spiro atoms. The highest BCUT2D eigenvalue weighted by atomic mass is 32.1. The number of thiazole rings is 2. The first kappa shape index (κ1) is 20.5. The van der Waals surface area contributed by atoms with E-state index >= 15 is 0 Å². The third-order valence-electron chi connectivity index (χ3n) is 5.06. The van der Waals surface area contributed by atoms with E-state index in [1.54, 1.807) is 35.1 Å². The van der Waals surface area contributed by atoms with Crippen molar-refractivity contribution in [2.24, 2.45) is 0 Å². The Morgan fingerprint density at radius 1 is 0.382 bits per heavy atom. The number of aromatic nitrogens is 6. The third-order valence-corrected chi connectivity index (χ3v) is 6.79. The lowest BCUT2D eigenvalue weighted by Crippen LogP contribution is -1.92. The van der Waals surface area contributed by atoms with Gasteiger partial charge in [-0.05, 0) is 48.5 Å². The van der Waals surface area contributed by atoms with Crippen LogP contribution in [0, 0.1) is 0 Å². The summed E-state index contributed by atoms with van der Waals surface area (Å²) in [6.07, 6.45) is 3.55. The standard InChI is InChI=1S/C26H16N6S2/c1-3-13-27-21(7-1)25-31-23(15-33-25)19-11-5-9-17(29-19)18-10-6-12-20(30-18)24-16-34-26(32-24)22-8-2-4-14-28-22/h1-16H. The van der Waals surface area contributed by atoms with Crippen LogP contribution < -0.4 is 0 Å². The molecule has 0 aromatic carbocycles. The van der Waals surface area contributed by atoms with Crippen LogP contribution in [-0.4, -0.2) is 29.9 Å². The summed E-state index contributed by atoms with van der Waals surface area (Å²) in [5, 5.41) is 5.76. The second kappa shape index (κ2) is 9.01. The fourth-order valence-corrected chi connectivity index (χ4v) is 5.02. The van der Waals surface area contributed by atoms with Gasteiger partial charge in [-0.1, -0.05) is 24.3 Å². The first-order valence-electron chi connectivity index (χ1n) is 10.5. The van der Waals surface area contributed by atoms with Crippen molar-refractivity contribution in [2.45, 2.75) is 0 Å². The van der Waals surface area contributed by atoms with E-state index in [0.717, 1.165) is 55.6 Å². The van der Waals surface area contributed by atoms with Crippen molar-refractivity contribution in [3.8, 4) is 55.6 Å². The van der Waals surface area contributed by atoms with Crippen LogP contribution in [-0.2, 0) is 0 Å². The molecule has 0 amide bonds. The number of rotatable bonds is 5. The Morgan fingerprint density at radius 3 is 1.21 bits per heavy atom. The van der Waals surface area contributed by atoms with Gasteiger partial charge in [-0.15, -0.1) is 22.7 Å². The first-order chi connectivity index (χ1) is 16.8. The predicted octanol–water partition coefficient (Wildman–Crippen LogP) is 6.51. The molecule has 6 heterocycles. The summed E-state index contributed by atoms with van der Waals surface area (Å²) in [6, 6.07) is 23.4. The van der Waals surface area contributed by atoms with Crippen LogP contribution >= 0.6 is 22.7 Å². The van der Waals surface area contributed by atoms with Crippen molar-refractivity contribution in [2.75, 3.05) is 0 Å². The average Bonchev–Trinajstić information content (AvgIpc) is 3.61. The molecule has 162 valence electrons. The zero-order valence-corrected chi connectivity index (χ0v) is 19.4. The van der Waals surface area contributed by atoms with Gasteiger partial charge >= 0.3 is 0 Å². The fraction of sp³-hybridized carbons (Fsp3) is 0. The van der Waals surface area contributed by atoms with Crippen molar-refractivity contribution in [3.05, 3.63) is 96.0 Å². The van der Waals surface area contributed by atoms with E-state index in [-0.39, 0.29) is 0 Å². The maximum atomic E-state index is 4.84. The lowest BCUT2D eigenvalue weighted by Gasteiger charge is -2.04. The van der Waals surface area contributed by atoms with E-state index in [4.69, 9.17) is 19.9 Å². The Labute approximate surface area is 203 Å². The molecule has 0 unspecified atom stereocenters. The van der Waals surface area contributed by atoms with Gasteiger partial charge in [0.1, 0.15) is 21.4 Å². The van der Waals surface area contributed by atoms with E-state index in [9.17, 15) is 0 Å². The van der Waals surface area contributed by atoms with Gasteiger partial charge in [0.25, 0.3) is 0 Å². The molecule has 6 aromatic heterocycles. The number of nitrogens with zero attached hydrogens (tertiary/aromatic N) is 6. The summed E-state index contributed by atoms with van der Waals surface area (Å²) in [6.45, 7) is 0. The third kappa shape index (κ3) is 4.12. The minimum Gasteiger partial charge on any atom is -0.254 e. The molecule has 0 aliphatic carbocycles. The van der Waals surface area contributed by atoms with Crippen LogP contribution in [0.5, 0.6) is 0 Å². The normalized spacial score (nSPS) is 10.9. The minimum absolute atomic E-state index is 0.784. The van der Waals surface area contributed by atoms with Crippen molar-refractivity contribution in [1.82, 2.24) is 29.9 Å². The summed E-state index contributed by atoms with van der Waals surface area (Å²) in [5.74, 6) is 0. The smallest absolute Gasteiger partial charge is 0.142 e. The van der Waals surface area contributed by atoms with E-state index in [1.165, 1.54) is 0 Å². The van der Waals surface area contributed by atoms with E-state index in [1.807, 2.05) is 83.6 Å². The number of pyridine rings is 4. The van der Waals surface area contributed by atoms with Gasteiger partial charge in [-0.3, -0.25) is 9.97 Å². The lowest BCUT2D eigenvalue weighted by atomic mass is 10.2. The van der Waals surface area contributed by atoms with Crippen LogP contribution in [0.25, 0.3) is 55.6 Å². The summed E-state index contributed by atoms with van der Waals surface area (Å²) in [5.41, 5.74) is 6.53. The summed E-state index contributed by atoms with van der Waals surface area (Å²) < 4.78 is 0. The van der Waals surface area contributed by atoms with Gasteiger partial charge in [-0.2, -0.15) is 0 Å². The van der Waals surface area contributed by atoms with E-state index in [0.29, 0.717) is 0 Å². The first-order valence-corrected chi connectivity index (χ1v) is 12.3. The minimum atomic E-state index is 0.784. The maximum absolute atomic E-state index is 4.84. The van der Waals surface area contributed by atoms with Gasteiger partial charge in [0, 0.05) is 23.2 Å². The summed E-state index contributed by atoms with van der Waals surface area (Å²) >= 11 is 3.12. The second-order valence-corrected chi connectivity index (χ2v) is 9.04. The highest BCUT2D eigenvalue weighted by molar-refractivity contribution is 7.13. The monoisotopic (exact) mass is 476 g/mol. The van der Waals surface area contributed by atoms with Gasteiger partial charge in [0.15, 0.2) is 0 Å².